The molecule has 0 aliphatic carbocycles. The van der Waals surface area contributed by atoms with Gasteiger partial charge in [-0.25, -0.2) is 4.98 Å². The molecular formula is C8H12N2O2. The summed E-state index contributed by atoms with van der Waals surface area (Å²) in [4.78, 5) is 14.2. The summed E-state index contributed by atoms with van der Waals surface area (Å²) >= 11 is 0. The second-order valence-corrected chi connectivity index (χ2v) is 2.29. The molecule has 0 aliphatic rings. The fraction of sp³-hybridized carbons (Fsp3) is 0.500. The number of carbonyl (C=O) groups is 1. The van der Waals surface area contributed by atoms with Crippen LogP contribution in [0.15, 0.2) is 12.4 Å². The minimum atomic E-state index is 0.453. The number of aromatic nitrogens is 2. The Balaban J connectivity index is 2.45. The molecule has 0 atom stereocenters. The number of hydrogen-bond donors (Lipinski definition) is 0. The summed E-state index contributed by atoms with van der Waals surface area (Å²) in [6.45, 7) is 3.94. The zero-order chi connectivity index (χ0) is 8.81. The Hall–Kier alpha value is -1.16. The predicted molar refractivity (Wildman–Crippen MR) is 44.1 cm³/mol. The number of imidazole rings is 1. The summed E-state index contributed by atoms with van der Waals surface area (Å²) in [6.07, 6.45) is 4.12. The summed E-state index contributed by atoms with van der Waals surface area (Å²) in [7, 11) is 0. The molecule has 12 heavy (non-hydrogen) atoms. The van der Waals surface area contributed by atoms with Crippen molar-refractivity contribution in [2.24, 2.45) is 0 Å². The van der Waals surface area contributed by atoms with Crippen LogP contribution in [0.25, 0.3) is 0 Å². The van der Waals surface area contributed by atoms with Crippen LogP contribution in [0.1, 0.15) is 17.5 Å². The van der Waals surface area contributed by atoms with Gasteiger partial charge in [-0.15, -0.1) is 0 Å². The molecule has 4 nitrogen and oxygen atoms in total. The summed E-state index contributed by atoms with van der Waals surface area (Å²) in [6, 6.07) is 0. The lowest BCUT2D eigenvalue weighted by Gasteiger charge is -2.03. The standard InChI is InChI=1S/C8H12N2O2/c1-2-12-6-5-10-4-3-9-8(10)7-11/h3-4,7H,2,5-6H2,1H3. The highest BCUT2D eigenvalue weighted by atomic mass is 16.5. The maximum absolute atomic E-state index is 10.4. The zero-order valence-electron chi connectivity index (χ0n) is 7.06. The molecule has 1 rings (SSSR count). The topological polar surface area (TPSA) is 44.1 Å². The van der Waals surface area contributed by atoms with Crippen molar-refractivity contribution < 1.29 is 9.53 Å². The average molecular weight is 168 g/mol. The van der Waals surface area contributed by atoms with E-state index < -0.39 is 0 Å². The number of nitrogens with zero attached hydrogens (tertiary/aromatic N) is 2. The van der Waals surface area contributed by atoms with Crippen molar-refractivity contribution in [2.45, 2.75) is 13.5 Å². The second kappa shape index (κ2) is 4.66. The van der Waals surface area contributed by atoms with Crippen molar-refractivity contribution in [2.75, 3.05) is 13.2 Å². The van der Waals surface area contributed by atoms with Gasteiger partial charge in [-0.1, -0.05) is 0 Å². The lowest BCUT2D eigenvalue weighted by molar-refractivity contribution is 0.110. The van der Waals surface area contributed by atoms with E-state index in [0.717, 1.165) is 6.29 Å². The minimum Gasteiger partial charge on any atom is -0.380 e. The maximum Gasteiger partial charge on any atom is 0.185 e. The van der Waals surface area contributed by atoms with Crippen LogP contribution < -0.4 is 0 Å². The molecule has 0 saturated heterocycles. The van der Waals surface area contributed by atoms with Crippen molar-refractivity contribution in [3.8, 4) is 0 Å². The smallest absolute Gasteiger partial charge is 0.185 e. The highest BCUT2D eigenvalue weighted by Crippen LogP contribution is 1.93. The van der Waals surface area contributed by atoms with Gasteiger partial charge in [0.2, 0.25) is 0 Å². The van der Waals surface area contributed by atoms with Gasteiger partial charge in [-0.2, -0.15) is 0 Å². The molecular weight excluding hydrogens is 156 g/mol. The van der Waals surface area contributed by atoms with E-state index in [9.17, 15) is 4.79 Å². The van der Waals surface area contributed by atoms with Crippen LogP contribution in [-0.2, 0) is 11.3 Å². The summed E-state index contributed by atoms with van der Waals surface area (Å²) in [5.74, 6) is 0.453. The van der Waals surface area contributed by atoms with Crippen molar-refractivity contribution in [3.05, 3.63) is 18.2 Å². The van der Waals surface area contributed by atoms with Crippen molar-refractivity contribution in [3.63, 3.8) is 0 Å². The lowest BCUT2D eigenvalue weighted by Crippen LogP contribution is -2.07. The van der Waals surface area contributed by atoms with Gasteiger partial charge in [0.05, 0.1) is 6.61 Å². The van der Waals surface area contributed by atoms with E-state index in [0.29, 0.717) is 25.6 Å². The van der Waals surface area contributed by atoms with Crippen LogP contribution in [0.3, 0.4) is 0 Å². The first kappa shape index (κ1) is 8.93. The molecule has 0 N–H and O–H groups in total. The Morgan fingerprint density at radius 2 is 2.58 bits per heavy atom. The monoisotopic (exact) mass is 168 g/mol. The third-order valence-electron chi connectivity index (χ3n) is 1.53. The quantitative estimate of drug-likeness (QED) is 0.481. The molecule has 0 bridgehead atoms. The predicted octanol–water partition coefficient (Wildman–Crippen LogP) is 0.732. The van der Waals surface area contributed by atoms with Gasteiger partial charge < -0.3 is 9.30 Å². The van der Waals surface area contributed by atoms with Crippen molar-refractivity contribution in [1.29, 1.82) is 0 Å². The van der Waals surface area contributed by atoms with Gasteiger partial charge in [-0.05, 0) is 6.92 Å². The van der Waals surface area contributed by atoms with Crippen LogP contribution in [0, 0.1) is 0 Å². The van der Waals surface area contributed by atoms with Crippen LogP contribution in [0.2, 0.25) is 0 Å². The Labute approximate surface area is 71.2 Å². The van der Waals surface area contributed by atoms with Crippen LogP contribution in [0.5, 0.6) is 0 Å². The first-order chi connectivity index (χ1) is 5.88. The molecule has 0 spiro atoms. The van der Waals surface area contributed by atoms with E-state index in [1.54, 1.807) is 17.0 Å². The Morgan fingerprint density at radius 1 is 1.75 bits per heavy atom. The Bertz CT molecular complexity index is 245. The van der Waals surface area contributed by atoms with E-state index in [1.807, 2.05) is 6.92 Å². The van der Waals surface area contributed by atoms with E-state index >= 15 is 0 Å². The number of aldehydes is 1. The fourth-order valence-electron chi connectivity index (χ4n) is 0.935. The molecule has 1 heterocycles. The number of carbonyl (C=O) groups excluding carboxylic acids is 1. The van der Waals surface area contributed by atoms with Gasteiger partial charge in [-0.3, -0.25) is 4.79 Å². The average Bonchev–Trinajstić information content (AvgIpc) is 2.52. The number of rotatable bonds is 5. The second-order valence-electron chi connectivity index (χ2n) is 2.29. The van der Waals surface area contributed by atoms with E-state index in [-0.39, 0.29) is 0 Å². The minimum absolute atomic E-state index is 0.453. The lowest BCUT2D eigenvalue weighted by atomic mass is 10.6. The first-order valence-electron chi connectivity index (χ1n) is 3.92. The SMILES string of the molecule is CCOCCn1ccnc1C=O. The van der Waals surface area contributed by atoms with E-state index in [1.165, 1.54) is 0 Å². The molecule has 1 aromatic rings. The molecule has 66 valence electrons. The molecule has 0 radical (unpaired) electrons. The van der Waals surface area contributed by atoms with Crippen molar-refractivity contribution >= 4 is 6.29 Å². The van der Waals surface area contributed by atoms with Gasteiger partial charge in [0, 0.05) is 25.5 Å². The van der Waals surface area contributed by atoms with Gasteiger partial charge in [0.1, 0.15) is 0 Å². The van der Waals surface area contributed by atoms with Gasteiger partial charge >= 0.3 is 0 Å². The molecule has 0 aliphatic heterocycles. The fourth-order valence-corrected chi connectivity index (χ4v) is 0.935. The van der Waals surface area contributed by atoms with Gasteiger partial charge in [0.15, 0.2) is 12.1 Å². The van der Waals surface area contributed by atoms with E-state index in [4.69, 9.17) is 4.74 Å². The first-order valence-corrected chi connectivity index (χ1v) is 3.92. The van der Waals surface area contributed by atoms with Crippen LogP contribution >= 0.6 is 0 Å². The third kappa shape index (κ3) is 2.17. The van der Waals surface area contributed by atoms with Crippen LogP contribution in [-0.4, -0.2) is 29.1 Å². The number of ether oxygens (including phenoxy) is 1. The largest absolute Gasteiger partial charge is 0.380 e. The molecule has 4 heteroatoms. The molecule has 0 fully saturated rings. The van der Waals surface area contributed by atoms with Crippen molar-refractivity contribution in [1.82, 2.24) is 9.55 Å². The molecule has 0 unspecified atom stereocenters. The van der Waals surface area contributed by atoms with Gasteiger partial charge in [0.25, 0.3) is 0 Å². The highest BCUT2D eigenvalue weighted by Gasteiger charge is 1.98. The van der Waals surface area contributed by atoms with E-state index in [2.05, 4.69) is 4.98 Å². The summed E-state index contributed by atoms with van der Waals surface area (Å²) in [5.41, 5.74) is 0. The third-order valence-corrected chi connectivity index (χ3v) is 1.53. The van der Waals surface area contributed by atoms with Crippen LogP contribution in [0.4, 0.5) is 0 Å². The molecule has 1 aromatic heterocycles. The Kier molecular flexibility index (Phi) is 3.47. The zero-order valence-corrected chi connectivity index (χ0v) is 7.06. The molecule has 0 aromatic carbocycles. The maximum atomic E-state index is 10.4. The number of hydrogen-bond acceptors (Lipinski definition) is 3. The molecule has 0 saturated carbocycles. The summed E-state index contributed by atoms with van der Waals surface area (Å²) < 4.78 is 6.91. The Morgan fingerprint density at radius 3 is 3.25 bits per heavy atom. The molecule has 0 amide bonds. The normalized spacial score (nSPS) is 10.1. The summed E-state index contributed by atoms with van der Waals surface area (Å²) in [5, 5.41) is 0. The highest BCUT2D eigenvalue weighted by molar-refractivity contribution is 5.69.